The number of hydrogen-bond donors (Lipinski definition) is 1. The van der Waals surface area contributed by atoms with Gasteiger partial charge in [-0.2, -0.15) is 9.47 Å². The van der Waals surface area contributed by atoms with Crippen LogP contribution in [0, 0.1) is 18.6 Å². The molecule has 0 saturated carbocycles. The average Bonchev–Trinajstić information content (AvgIpc) is 3.24. The Morgan fingerprint density at radius 1 is 1.18 bits per heavy atom. The molecule has 28 heavy (non-hydrogen) atoms. The summed E-state index contributed by atoms with van der Waals surface area (Å²) in [6.45, 7) is 1.86. The lowest BCUT2D eigenvalue weighted by Gasteiger charge is -2.10. The van der Waals surface area contributed by atoms with Crippen LogP contribution in [0.2, 0.25) is 5.15 Å². The zero-order valence-corrected chi connectivity index (χ0v) is 16.4. The summed E-state index contributed by atoms with van der Waals surface area (Å²) in [6.07, 6.45) is 1.14. The van der Waals surface area contributed by atoms with Crippen LogP contribution in [-0.4, -0.2) is 27.6 Å². The summed E-state index contributed by atoms with van der Waals surface area (Å²) in [5, 5.41) is 4.67. The number of halogens is 3. The first-order chi connectivity index (χ1) is 13.3. The number of benzene rings is 2. The number of nitrogens with zero attached hydrogens (tertiary/aromatic N) is 4. The van der Waals surface area contributed by atoms with Crippen LogP contribution >= 0.6 is 23.1 Å². The van der Waals surface area contributed by atoms with Crippen molar-refractivity contribution in [2.45, 2.75) is 11.8 Å². The molecule has 0 fully saturated rings. The molecule has 0 amide bonds. The van der Waals surface area contributed by atoms with Crippen LogP contribution in [0.1, 0.15) is 5.56 Å². The highest BCUT2D eigenvalue weighted by molar-refractivity contribution is 7.93. The molecule has 0 aliphatic heterocycles. The van der Waals surface area contributed by atoms with Gasteiger partial charge in [-0.25, -0.2) is 26.9 Å². The van der Waals surface area contributed by atoms with E-state index in [2.05, 4.69) is 14.5 Å². The van der Waals surface area contributed by atoms with E-state index in [-0.39, 0.29) is 16.0 Å². The standard InChI is InChI=1S/C16H10ClF2N5O2S2/c1-8-2-3-12-9(4-8)15(17)22-24(12)13-5-11(19)14(6-10(13)18)28(25,26)23-16-20-7-21-27-16/h2-7H,1H3,(H,20,21,23). The Hall–Kier alpha value is -2.63. The normalized spacial score (nSPS) is 11.9. The molecule has 0 radical (unpaired) electrons. The van der Waals surface area contributed by atoms with Crippen molar-refractivity contribution >= 4 is 49.2 Å². The molecule has 0 spiro atoms. The minimum atomic E-state index is -4.39. The van der Waals surface area contributed by atoms with Gasteiger partial charge in [0.05, 0.1) is 5.52 Å². The third kappa shape index (κ3) is 3.21. The van der Waals surface area contributed by atoms with Gasteiger partial charge in [0.1, 0.15) is 28.5 Å². The monoisotopic (exact) mass is 441 g/mol. The molecule has 1 N–H and O–H groups in total. The Bertz CT molecular complexity index is 1310. The van der Waals surface area contributed by atoms with Gasteiger partial charge in [-0.15, -0.1) is 0 Å². The predicted octanol–water partition coefficient (Wildman–Crippen LogP) is 3.92. The van der Waals surface area contributed by atoms with E-state index >= 15 is 0 Å². The van der Waals surface area contributed by atoms with Crippen LogP contribution in [0.4, 0.5) is 13.9 Å². The van der Waals surface area contributed by atoms with Crippen molar-refractivity contribution in [2.75, 3.05) is 4.72 Å². The minimum Gasteiger partial charge on any atom is -0.253 e. The zero-order chi connectivity index (χ0) is 20.1. The van der Waals surface area contributed by atoms with Gasteiger partial charge in [-0.3, -0.25) is 4.72 Å². The van der Waals surface area contributed by atoms with E-state index in [4.69, 9.17) is 11.6 Å². The number of aromatic nitrogens is 4. The number of aryl methyl sites for hydroxylation is 1. The van der Waals surface area contributed by atoms with Gasteiger partial charge in [-0.1, -0.05) is 23.2 Å². The molecule has 0 unspecified atom stereocenters. The maximum Gasteiger partial charge on any atom is 0.266 e. The van der Waals surface area contributed by atoms with Crippen molar-refractivity contribution in [1.82, 2.24) is 19.1 Å². The molecule has 0 aliphatic rings. The van der Waals surface area contributed by atoms with Crippen LogP contribution in [-0.2, 0) is 10.0 Å². The largest absolute Gasteiger partial charge is 0.266 e. The summed E-state index contributed by atoms with van der Waals surface area (Å²) in [4.78, 5) is 2.80. The van der Waals surface area contributed by atoms with Crippen molar-refractivity contribution < 1.29 is 17.2 Å². The molecule has 12 heteroatoms. The van der Waals surface area contributed by atoms with Gasteiger partial charge in [0, 0.05) is 23.0 Å². The fourth-order valence-electron chi connectivity index (χ4n) is 2.65. The van der Waals surface area contributed by atoms with E-state index < -0.39 is 26.6 Å². The van der Waals surface area contributed by atoms with Crippen molar-refractivity contribution in [2.24, 2.45) is 0 Å². The number of hydrogen-bond acceptors (Lipinski definition) is 6. The lowest BCUT2D eigenvalue weighted by molar-refractivity contribution is 0.550. The Balaban J connectivity index is 1.83. The number of anilines is 1. The summed E-state index contributed by atoms with van der Waals surface area (Å²) in [5.41, 5.74) is 1.11. The fraction of sp³-hybridized carbons (Fsp3) is 0.0625. The molecule has 0 atom stereocenters. The molecule has 2 aromatic carbocycles. The predicted molar refractivity (Wildman–Crippen MR) is 101 cm³/mol. The first-order valence-electron chi connectivity index (χ1n) is 7.70. The average molecular weight is 442 g/mol. The van der Waals surface area contributed by atoms with E-state index in [1.54, 1.807) is 18.2 Å². The highest BCUT2D eigenvalue weighted by Crippen LogP contribution is 2.30. The second-order valence-corrected chi connectivity index (χ2v) is 8.60. The highest BCUT2D eigenvalue weighted by Gasteiger charge is 2.24. The molecule has 7 nitrogen and oxygen atoms in total. The first kappa shape index (κ1) is 18.7. The summed E-state index contributed by atoms with van der Waals surface area (Å²) in [7, 11) is -4.39. The number of rotatable bonds is 4. The molecule has 0 bridgehead atoms. The van der Waals surface area contributed by atoms with E-state index in [1.807, 2.05) is 11.6 Å². The van der Waals surface area contributed by atoms with Crippen molar-refractivity contribution in [3.8, 4) is 5.69 Å². The topological polar surface area (TPSA) is 89.8 Å². The highest BCUT2D eigenvalue weighted by atomic mass is 35.5. The second kappa shape index (κ2) is 6.76. The zero-order valence-electron chi connectivity index (χ0n) is 14.0. The van der Waals surface area contributed by atoms with Crippen molar-refractivity contribution in [1.29, 1.82) is 0 Å². The molecule has 2 heterocycles. The van der Waals surface area contributed by atoms with Crippen molar-refractivity contribution in [3.63, 3.8) is 0 Å². The summed E-state index contributed by atoms with van der Waals surface area (Å²) in [6, 6.07) is 6.55. The van der Waals surface area contributed by atoms with E-state index in [9.17, 15) is 17.2 Å². The molecule has 0 aliphatic carbocycles. The SMILES string of the molecule is Cc1ccc2c(c1)c(Cl)nn2-c1cc(F)c(S(=O)(=O)Nc2ncns2)cc1F. The third-order valence-corrected chi connectivity index (χ3v) is 6.23. The first-order valence-corrected chi connectivity index (χ1v) is 10.3. The molecule has 2 aromatic heterocycles. The van der Waals surface area contributed by atoms with Gasteiger partial charge in [-0.05, 0) is 25.1 Å². The van der Waals surface area contributed by atoms with Crippen LogP contribution < -0.4 is 4.72 Å². The summed E-state index contributed by atoms with van der Waals surface area (Å²) >= 11 is 6.87. The maximum absolute atomic E-state index is 14.8. The molecular weight excluding hydrogens is 432 g/mol. The lowest BCUT2D eigenvalue weighted by atomic mass is 10.2. The Labute approximate surface area is 166 Å². The number of sulfonamides is 1. The van der Waals surface area contributed by atoms with Gasteiger partial charge < -0.3 is 0 Å². The van der Waals surface area contributed by atoms with Gasteiger partial charge in [0.15, 0.2) is 5.15 Å². The Morgan fingerprint density at radius 2 is 1.96 bits per heavy atom. The summed E-state index contributed by atoms with van der Waals surface area (Å²) in [5.74, 6) is -2.14. The van der Waals surface area contributed by atoms with E-state index in [0.717, 1.165) is 34.2 Å². The minimum absolute atomic E-state index is 0.0656. The smallest absolute Gasteiger partial charge is 0.253 e. The molecular formula is C16H10ClF2N5O2S2. The van der Waals surface area contributed by atoms with Crippen LogP contribution in [0.15, 0.2) is 41.6 Å². The Kier molecular flexibility index (Phi) is 4.52. The van der Waals surface area contributed by atoms with Crippen LogP contribution in [0.5, 0.6) is 0 Å². The van der Waals surface area contributed by atoms with Gasteiger partial charge in [0.2, 0.25) is 5.13 Å². The van der Waals surface area contributed by atoms with Crippen LogP contribution in [0.25, 0.3) is 16.6 Å². The van der Waals surface area contributed by atoms with Gasteiger partial charge in [0.25, 0.3) is 10.0 Å². The van der Waals surface area contributed by atoms with E-state index in [1.165, 1.54) is 0 Å². The van der Waals surface area contributed by atoms with E-state index in [0.29, 0.717) is 17.0 Å². The third-order valence-electron chi connectivity index (χ3n) is 3.89. The fourth-order valence-corrected chi connectivity index (χ4v) is 4.61. The molecule has 4 rings (SSSR count). The quantitative estimate of drug-likeness (QED) is 0.518. The van der Waals surface area contributed by atoms with Crippen molar-refractivity contribution in [3.05, 3.63) is 59.0 Å². The molecule has 0 saturated heterocycles. The molecule has 144 valence electrons. The molecule has 4 aromatic rings. The van der Waals surface area contributed by atoms with Crippen LogP contribution in [0.3, 0.4) is 0 Å². The number of fused-ring (bicyclic) bond motifs is 1. The summed E-state index contributed by atoms with van der Waals surface area (Å²) < 4.78 is 60.9. The van der Waals surface area contributed by atoms with Gasteiger partial charge >= 0.3 is 0 Å². The number of nitrogens with one attached hydrogen (secondary N) is 1. The Morgan fingerprint density at radius 3 is 2.68 bits per heavy atom. The second-order valence-electron chi connectivity index (χ2n) is 5.81. The maximum atomic E-state index is 14.8. The lowest BCUT2D eigenvalue weighted by Crippen LogP contribution is -2.15.